The van der Waals surface area contributed by atoms with E-state index in [-0.39, 0.29) is 0 Å². The predicted molar refractivity (Wildman–Crippen MR) is 113 cm³/mol. The van der Waals surface area contributed by atoms with E-state index in [2.05, 4.69) is 63.0 Å². The van der Waals surface area contributed by atoms with Crippen LogP contribution in [0.15, 0.2) is 65.7 Å². The monoisotopic (exact) mass is 364 g/mol. The molecular formula is C22H28N4O. The number of rotatable bonds is 7. The van der Waals surface area contributed by atoms with Crippen LogP contribution >= 0.6 is 0 Å². The lowest BCUT2D eigenvalue weighted by molar-refractivity contribution is 0.409. The number of nitrogens with one attached hydrogen (secondary N) is 2. The van der Waals surface area contributed by atoms with E-state index in [1.165, 1.54) is 16.8 Å². The van der Waals surface area contributed by atoms with Crippen molar-refractivity contribution in [2.45, 2.75) is 13.0 Å². The molecule has 0 radical (unpaired) electrons. The van der Waals surface area contributed by atoms with Crippen molar-refractivity contribution in [3.8, 4) is 5.75 Å². The number of nitrogens with zero attached hydrogens (tertiary/aromatic N) is 2. The van der Waals surface area contributed by atoms with Crippen LogP contribution in [0.5, 0.6) is 5.75 Å². The molecule has 0 aliphatic carbocycles. The Labute approximate surface area is 161 Å². The molecule has 1 aliphatic heterocycles. The second kappa shape index (κ2) is 9.67. The van der Waals surface area contributed by atoms with E-state index in [1.54, 1.807) is 14.2 Å². The molecule has 0 saturated heterocycles. The minimum atomic E-state index is 0.743. The highest BCUT2D eigenvalue weighted by molar-refractivity contribution is 5.79. The summed E-state index contributed by atoms with van der Waals surface area (Å²) in [5.74, 6) is 1.73. The van der Waals surface area contributed by atoms with Crippen LogP contribution in [-0.2, 0) is 13.0 Å². The van der Waals surface area contributed by atoms with Gasteiger partial charge in [-0.1, -0.05) is 42.5 Å². The first-order valence-corrected chi connectivity index (χ1v) is 9.35. The Bertz CT molecular complexity index is 775. The van der Waals surface area contributed by atoms with E-state index < -0.39 is 0 Å². The maximum Gasteiger partial charge on any atom is 0.191 e. The lowest BCUT2D eigenvalue weighted by atomic mass is 10.1. The van der Waals surface area contributed by atoms with Gasteiger partial charge >= 0.3 is 0 Å². The summed E-state index contributed by atoms with van der Waals surface area (Å²) in [6, 6.07) is 16.8. The van der Waals surface area contributed by atoms with Gasteiger partial charge in [-0.25, -0.2) is 0 Å². The maximum absolute atomic E-state index is 5.40. The van der Waals surface area contributed by atoms with E-state index in [4.69, 9.17) is 4.74 Å². The molecule has 1 heterocycles. The van der Waals surface area contributed by atoms with Crippen LogP contribution in [0.4, 0.5) is 5.69 Å². The number of aliphatic imine (C=N–C) groups is 1. The fourth-order valence-electron chi connectivity index (χ4n) is 3.14. The molecule has 142 valence electrons. The van der Waals surface area contributed by atoms with Gasteiger partial charge in [0.2, 0.25) is 0 Å². The molecule has 0 atom stereocenters. The smallest absolute Gasteiger partial charge is 0.191 e. The first-order chi connectivity index (χ1) is 13.3. The van der Waals surface area contributed by atoms with Crippen LogP contribution in [0.2, 0.25) is 0 Å². The zero-order valence-corrected chi connectivity index (χ0v) is 16.1. The van der Waals surface area contributed by atoms with Gasteiger partial charge in [-0.15, -0.1) is 0 Å². The number of anilines is 1. The summed E-state index contributed by atoms with van der Waals surface area (Å²) in [5.41, 5.74) is 3.69. The molecule has 3 rings (SSSR count). The molecule has 5 nitrogen and oxygen atoms in total. The minimum Gasteiger partial charge on any atom is -0.496 e. The third kappa shape index (κ3) is 5.26. The molecule has 0 saturated carbocycles. The van der Waals surface area contributed by atoms with Crippen molar-refractivity contribution in [1.82, 2.24) is 10.6 Å². The summed E-state index contributed by atoms with van der Waals surface area (Å²) < 4.78 is 5.40. The van der Waals surface area contributed by atoms with Gasteiger partial charge < -0.3 is 20.3 Å². The Morgan fingerprint density at radius 2 is 1.78 bits per heavy atom. The van der Waals surface area contributed by atoms with Gasteiger partial charge in [0.15, 0.2) is 5.96 Å². The van der Waals surface area contributed by atoms with E-state index in [0.29, 0.717) is 0 Å². The largest absolute Gasteiger partial charge is 0.496 e. The van der Waals surface area contributed by atoms with Crippen molar-refractivity contribution in [3.05, 3.63) is 71.8 Å². The molecule has 1 aliphatic rings. The summed E-state index contributed by atoms with van der Waals surface area (Å²) in [6.07, 6.45) is 5.29. The van der Waals surface area contributed by atoms with Gasteiger partial charge in [-0.2, -0.15) is 0 Å². The number of guanidine groups is 1. The summed E-state index contributed by atoms with van der Waals surface area (Å²) in [5, 5.41) is 6.73. The van der Waals surface area contributed by atoms with Crippen molar-refractivity contribution in [3.63, 3.8) is 0 Å². The lowest BCUT2D eigenvalue weighted by Crippen LogP contribution is -2.37. The highest BCUT2D eigenvalue weighted by atomic mass is 16.5. The van der Waals surface area contributed by atoms with Crippen LogP contribution in [0, 0.1) is 0 Å². The molecule has 0 fully saturated rings. The zero-order valence-electron chi connectivity index (χ0n) is 16.1. The topological polar surface area (TPSA) is 48.9 Å². The number of ether oxygens (including phenoxy) is 1. The standard InChI is InChI=1S/C22H28N4O/c1-23-22(24-14-13-19-7-3-4-8-21(19)27-2)25-17-18-9-11-20(12-10-18)26-15-5-6-16-26/h3-12H,13-17H2,1-2H3,(H2,23,24,25). The van der Waals surface area contributed by atoms with Crippen LogP contribution in [0.1, 0.15) is 11.1 Å². The highest BCUT2D eigenvalue weighted by Gasteiger charge is 2.07. The van der Waals surface area contributed by atoms with E-state index in [9.17, 15) is 0 Å². The second-order valence-electron chi connectivity index (χ2n) is 6.46. The second-order valence-corrected chi connectivity index (χ2v) is 6.46. The third-order valence-corrected chi connectivity index (χ3v) is 4.68. The van der Waals surface area contributed by atoms with Crippen LogP contribution < -0.4 is 20.3 Å². The first kappa shape index (κ1) is 18.8. The fourth-order valence-corrected chi connectivity index (χ4v) is 3.14. The summed E-state index contributed by atoms with van der Waals surface area (Å²) in [4.78, 5) is 6.65. The summed E-state index contributed by atoms with van der Waals surface area (Å²) >= 11 is 0. The molecular weight excluding hydrogens is 336 g/mol. The SMILES string of the molecule is CN=C(NCCc1ccccc1OC)NCc1ccc(N2CC=CC2)cc1. The fraction of sp³-hybridized carbons (Fsp3) is 0.318. The number of hydrogen-bond acceptors (Lipinski definition) is 3. The molecule has 0 aromatic heterocycles. The number of methoxy groups -OCH3 is 1. The molecule has 0 bridgehead atoms. The van der Waals surface area contributed by atoms with Gasteiger partial charge in [0, 0.05) is 38.9 Å². The normalized spacial score (nSPS) is 13.7. The minimum absolute atomic E-state index is 0.743. The molecule has 2 aromatic rings. The number of benzene rings is 2. The predicted octanol–water partition coefficient (Wildman–Crippen LogP) is 2.98. The Kier molecular flexibility index (Phi) is 6.74. The van der Waals surface area contributed by atoms with E-state index in [1.807, 2.05) is 18.2 Å². The maximum atomic E-state index is 5.40. The van der Waals surface area contributed by atoms with Gasteiger partial charge in [0.05, 0.1) is 7.11 Å². The number of para-hydroxylation sites is 1. The lowest BCUT2D eigenvalue weighted by Gasteiger charge is -2.18. The third-order valence-electron chi connectivity index (χ3n) is 4.68. The highest BCUT2D eigenvalue weighted by Crippen LogP contribution is 2.18. The zero-order chi connectivity index (χ0) is 18.9. The van der Waals surface area contributed by atoms with Crippen molar-refractivity contribution in [1.29, 1.82) is 0 Å². The molecule has 2 aromatic carbocycles. The Balaban J connectivity index is 1.45. The van der Waals surface area contributed by atoms with Crippen LogP contribution in [-0.4, -0.2) is 39.8 Å². The quantitative estimate of drug-likeness (QED) is 0.451. The van der Waals surface area contributed by atoms with Crippen molar-refractivity contribution in [2.24, 2.45) is 4.99 Å². The Morgan fingerprint density at radius 1 is 1.04 bits per heavy atom. The molecule has 27 heavy (non-hydrogen) atoms. The van der Waals surface area contributed by atoms with Gasteiger partial charge in [0.25, 0.3) is 0 Å². The first-order valence-electron chi connectivity index (χ1n) is 9.35. The summed E-state index contributed by atoms with van der Waals surface area (Å²) in [7, 11) is 3.50. The molecule has 0 unspecified atom stereocenters. The van der Waals surface area contributed by atoms with Gasteiger partial charge in [0.1, 0.15) is 5.75 Å². The van der Waals surface area contributed by atoms with Crippen LogP contribution in [0.25, 0.3) is 0 Å². The van der Waals surface area contributed by atoms with Gasteiger partial charge in [-0.3, -0.25) is 4.99 Å². The Morgan fingerprint density at radius 3 is 2.48 bits per heavy atom. The van der Waals surface area contributed by atoms with Gasteiger partial charge in [-0.05, 0) is 35.7 Å². The molecule has 2 N–H and O–H groups in total. The van der Waals surface area contributed by atoms with E-state index >= 15 is 0 Å². The average molecular weight is 364 g/mol. The van der Waals surface area contributed by atoms with Crippen LogP contribution in [0.3, 0.4) is 0 Å². The Hall–Kier alpha value is -2.95. The van der Waals surface area contributed by atoms with Crippen molar-refractivity contribution < 1.29 is 4.74 Å². The van der Waals surface area contributed by atoms with Crippen molar-refractivity contribution in [2.75, 3.05) is 38.7 Å². The van der Waals surface area contributed by atoms with Crippen molar-refractivity contribution >= 4 is 11.6 Å². The molecule has 0 spiro atoms. The molecule has 5 heteroatoms. The average Bonchev–Trinajstić information content (AvgIpc) is 3.26. The van der Waals surface area contributed by atoms with E-state index in [0.717, 1.165) is 44.3 Å². The molecule has 0 amide bonds. The number of hydrogen-bond donors (Lipinski definition) is 2. The summed E-state index contributed by atoms with van der Waals surface area (Å²) in [6.45, 7) is 3.54.